The number of hydrogen-bond donors (Lipinski definition) is 2. The number of nitrogens with one attached hydrogen (secondary N) is 2. The average molecular weight is 297 g/mol. The average Bonchev–Trinajstić information content (AvgIpc) is 3.11. The molecular formula is C14H21BrN2. The molecule has 1 aliphatic carbocycles. The molecule has 0 radical (unpaired) electrons. The molecule has 0 aliphatic heterocycles. The van der Waals surface area contributed by atoms with E-state index in [9.17, 15) is 0 Å². The highest BCUT2D eigenvalue weighted by Gasteiger charge is 2.19. The fraction of sp³-hybridized carbons (Fsp3) is 0.571. The van der Waals surface area contributed by atoms with Crippen LogP contribution in [0.4, 0.5) is 0 Å². The number of rotatable bonds is 7. The van der Waals surface area contributed by atoms with Gasteiger partial charge in [0, 0.05) is 17.1 Å². The Morgan fingerprint density at radius 2 is 2.12 bits per heavy atom. The quantitative estimate of drug-likeness (QED) is 0.756. The van der Waals surface area contributed by atoms with Gasteiger partial charge in [0.1, 0.15) is 0 Å². The normalized spacial score (nSPS) is 15.2. The van der Waals surface area contributed by atoms with Crippen LogP contribution in [0, 0.1) is 6.92 Å². The summed E-state index contributed by atoms with van der Waals surface area (Å²) in [6, 6.07) is 7.33. The lowest BCUT2D eigenvalue weighted by Gasteiger charge is -2.08. The third-order valence-electron chi connectivity index (χ3n) is 3.06. The van der Waals surface area contributed by atoms with Crippen LogP contribution in [0.3, 0.4) is 0 Å². The summed E-state index contributed by atoms with van der Waals surface area (Å²) in [6.07, 6.45) is 3.97. The zero-order valence-corrected chi connectivity index (χ0v) is 12.0. The molecule has 94 valence electrons. The van der Waals surface area contributed by atoms with Crippen molar-refractivity contribution < 1.29 is 0 Å². The molecule has 0 amide bonds. The number of halogens is 1. The lowest BCUT2D eigenvalue weighted by atomic mass is 10.1. The summed E-state index contributed by atoms with van der Waals surface area (Å²) in [4.78, 5) is 0. The molecule has 0 heterocycles. The Balaban J connectivity index is 1.61. The highest BCUT2D eigenvalue weighted by molar-refractivity contribution is 9.10. The first-order valence-corrected chi connectivity index (χ1v) is 7.24. The van der Waals surface area contributed by atoms with Gasteiger partial charge in [0.15, 0.2) is 0 Å². The zero-order chi connectivity index (χ0) is 12.1. The topological polar surface area (TPSA) is 24.1 Å². The Hall–Kier alpha value is -0.380. The Bertz CT molecular complexity index is 361. The van der Waals surface area contributed by atoms with Crippen LogP contribution in [0.5, 0.6) is 0 Å². The van der Waals surface area contributed by atoms with Crippen molar-refractivity contribution >= 4 is 15.9 Å². The van der Waals surface area contributed by atoms with E-state index < -0.39 is 0 Å². The first kappa shape index (κ1) is 13.1. The molecule has 2 nitrogen and oxygen atoms in total. The van der Waals surface area contributed by atoms with Crippen molar-refractivity contribution in [2.24, 2.45) is 0 Å². The van der Waals surface area contributed by atoms with Gasteiger partial charge in [-0.05, 0) is 50.9 Å². The van der Waals surface area contributed by atoms with Gasteiger partial charge in [0.2, 0.25) is 0 Å². The first-order chi connectivity index (χ1) is 8.25. The smallest absolute Gasteiger partial charge is 0.0220 e. The van der Waals surface area contributed by atoms with Crippen LogP contribution in [0.25, 0.3) is 0 Å². The van der Waals surface area contributed by atoms with Crippen molar-refractivity contribution in [3.05, 3.63) is 33.8 Å². The van der Waals surface area contributed by atoms with E-state index in [1.807, 2.05) is 0 Å². The van der Waals surface area contributed by atoms with E-state index in [0.29, 0.717) is 0 Å². The number of hydrogen-bond acceptors (Lipinski definition) is 2. The molecule has 3 heteroatoms. The predicted octanol–water partition coefficient (Wildman–Crippen LogP) is 2.99. The molecule has 17 heavy (non-hydrogen) atoms. The molecule has 1 aliphatic rings. The molecule has 2 N–H and O–H groups in total. The maximum absolute atomic E-state index is 3.59. The lowest BCUT2D eigenvalue weighted by molar-refractivity contribution is 0.592. The second-order valence-electron chi connectivity index (χ2n) is 4.85. The van der Waals surface area contributed by atoms with E-state index in [0.717, 1.165) is 25.7 Å². The van der Waals surface area contributed by atoms with Crippen molar-refractivity contribution in [2.45, 2.75) is 38.8 Å². The Labute approximate surface area is 112 Å². The van der Waals surface area contributed by atoms with E-state index in [4.69, 9.17) is 0 Å². The van der Waals surface area contributed by atoms with Crippen LogP contribution in [0.15, 0.2) is 22.7 Å². The summed E-state index contributed by atoms with van der Waals surface area (Å²) in [5.41, 5.74) is 2.67. The molecule has 1 fully saturated rings. The summed E-state index contributed by atoms with van der Waals surface area (Å²) >= 11 is 3.59. The fourth-order valence-corrected chi connectivity index (χ4v) is 2.26. The molecule has 0 atom stereocenters. The summed E-state index contributed by atoms with van der Waals surface area (Å²) in [6.45, 7) is 5.31. The highest BCUT2D eigenvalue weighted by Crippen LogP contribution is 2.18. The van der Waals surface area contributed by atoms with Crippen molar-refractivity contribution in [3.63, 3.8) is 0 Å². The maximum atomic E-state index is 3.59. The van der Waals surface area contributed by atoms with Gasteiger partial charge < -0.3 is 10.6 Å². The molecule has 0 unspecified atom stereocenters. The largest absolute Gasteiger partial charge is 0.314 e. The monoisotopic (exact) mass is 296 g/mol. The van der Waals surface area contributed by atoms with Crippen molar-refractivity contribution in [2.75, 3.05) is 13.1 Å². The van der Waals surface area contributed by atoms with Crippen LogP contribution >= 0.6 is 15.9 Å². The van der Waals surface area contributed by atoms with Gasteiger partial charge in [0.25, 0.3) is 0 Å². The van der Waals surface area contributed by atoms with Gasteiger partial charge in [-0.2, -0.15) is 0 Å². The summed E-state index contributed by atoms with van der Waals surface area (Å²) in [5.74, 6) is 0. The summed E-state index contributed by atoms with van der Waals surface area (Å²) in [5, 5.41) is 7.02. The van der Waals surface area contributed by atoms with Crippen LogP contribution < -0.4 is 10.6 Å². The van der Waals surface area contributed by atoms with Gasteiger partial charge >= 0.3 is 0 Å². The molecule has 2 rings (SSSR count). The van der Waals surface area contributed by atoms with Crippen LogP contribution in [0.1, 0.15) is 30.4 Å². The number of benzene rings is 1. The van der Waals surface area contributed by atoms with Crippen molar-refractivity contribution in [3.8, 4) is 0 Å². The van der Waals surface area contributed by atoms with E-state index in [-0.39, 0.29) is 0 Å². The van der Waals surface area contributed by atoms with E-state index >= 15 is 0 Å². The van der Waals surface area contributed by atoms with E-state index in [2.05, 4.69) is 51.7 Å². The second-order valence-corrected chi connectivity index (χ2v) is 5.71. The molecule has 1 aromatic carbocycles. The Morgan fingerprint density at radius 1 is 1.29 bits per heavy atom. The molecule has 1 saturated carbocycles. The van der Waals surface area contributed by atoms with Crippen molar-refractivity contribution in [1.29, 1.82) is 0 Å². The SMILES string of the molecule is Cc1ccc(Br)c(CNCCCNC2CC2)c1. The van der Waals surface area contributed by atoms with Crippen molar-refractivity contribution in [1.82, 2.24) is 10.6 Å². The molecule has 0 spiro atoms. The zero-order valence-electron chi connectivity index (χ0n) is 10.4. The Kier molecular flexibility index (Phi) is 5.01. The highest BCUT2D eigenvalue weighted by atomic mass is 79.9. The van der Waals surface area contributed by atoms with Crippen LogP contribution in [0.2, 0.25) is 0 Å². The molecule has 0 bridgehead atoms. The molecular weight excluding hydrogens is 276 g/mol. The molecule has 0 saturated heterocycles. The van der Waals surface area contributed by atoms with Gasteiger partial charge in [-0.3, -0.25) is 0 Å². The standard InChI is InChI=1S/C14H21BrN2/c1-11-3-6-14(15)12(9-11)10-16-7-2-8-17-13-4-5-13/h3,6,9,13,16-17H,2,4-5,7-8,10H2,1H3. The minimum absolute atomic E-state index is 0.834. The Morgan fingerprint density at radius 3 is 2.88 bits per heavy atom. The minimum atomic E-state index is 0.834. The van der Waals surface area contributed by atoms with E-state index in [1.54, 1.807) is 0 Å². The maximum Gasteiger partial charge on any atom is 0.0220 e. The van der Waals surface area contributed by atoms with Gasteiger partial charge in [0.05, 0.1) is 0 Å². The molecule has 0 aromatic heterocycles. The van der Waals surface area contributed by atoms with Gasteiger partial charge in [-0.1, -0.05) is 33.6 Å². The summed E-state index contributed by atoms with van der Waals surface area (Å²) < 4.78 is 1.20. The third-order valence-corrected chi connectivity index (χ3v) is 3.83. The fourth-order valence-electron chi connectivity index (χ4n) is 1.87. The van der Waals surface area contributed by atoms with Crippen LogP contribution in [-0.4, -0.2) is 19.1 Å². The minimum Gasteiger partial charge on any atom is -0.314 e. The first-order valence-electron chi connectivity index (χ1n) is 6.45. The second kappa shape index (κ2) is 6.53. The molecule has 1 aromatic rings. The third kappa shape index (κ3) is 4.78. The van der Waals surface area contributed by atoms with Crippen LogP contribution in [-0.2, 0) is 6.54 Å². The van der Waals surface area contributed by atoms with E-state index in [1.165, 1.54) is 34.9 Å². The van der Waals surface area contributed by atoms with Gasteiger partial charge in [-0.15, -0.1) is 0 Å². The summed E-state index contributed by atoms with van der Waals surface area (Å²) in [7, 11) is 0. The number of aryl methyl sites for hydroxylation is 1. The predicted molar refractivity (Wildman–Crippen MR) is 76.2 cm³/mol. The van der Waals surface area contributed by atoms with Gasteiger partial charge in [-0.25, -0.2) is 0 Å². The lowest BCUT2D eigenvalue weighted by Crippen LogP contribution is -2.23.